The molecule has 6 heteroatoms. The van der Waals surface area contributed by atoms with E-state index in [2.05, 4.69) is 10.4 Å². The lowest BCUT2D eigenvalue weighted by Gasteiger charge is -2.22. The van der Waals surface area contributed by atoms with Gasteiger partial charge in [-0.15, -0.1) is 0 Å². The molecule has 0 fully saturated rings. The van der Waals surface area contributed by atoms with E-state index >= 15 is 0 Å². The predicted molar refractivity (Wildman–Crippen MR) is 63.8 cm³/mol. The van der Waals surface area contributed by atoms with E-state index < -0.39 is 14.6 Å². The predicted octanol–water partition coefficient (Wildman–Crippen LogP) is 0.333. The Labute approximate surface area is 96.8 Å². The maximum atomic E-state index is 11.4. The van der Waals surface area contributed by atoms with Gasteiger partial charge in [0.25, 0.3) is 0 Å². The Hall–Kier alpha value is -0.880. The summed E-state index contributed by atoms with van der Waals surface area (Å²) in [5, 5.41) is 7.17. The van der Waals surface area contributed by atoms with Crippen LogP contribution in [0.4, 0.5) is 0 Å². The lowest BCUT2D eigenvalue weighted by Crippen LogP contribution is -2.41. The minimum Gasteiger partial charge on any atom is -0.311 e. The number of nitrogens with zero attached hydrogens (tertiary/aromatic N) is 2. The lowest BCUT2D eigenvalue weighted by molar-refractivity contribution is 0.521. The van der Waals surface area contributed by atoms with Gasteiger partial charge in [0.05, 0.1) is 10.9 Å². The second-order valence-electron chi connectivity index (χ2n) is 4.66. The third-order valence-electron chi connectivity index (χ3n) is 2.64. The highest BCUT2D eigenvalue weighted by molar-refractivity contribution is 7.92. The average Bonchev–Trinajstić information content (AvgIpc) is 2.49. The number of rotatable bonds is 5. The molecule has 0 saturated carbocycles. The summed E-state index contributed by atoms with van der Waals surface area (Å²) in [5.41, 5.74) is 1.05. The van der Waals surface area contributed by atoms with Crippen LogP contribution in [0, 0.1) is 0 Å². The van der Waals surface area contributed by atoms with Gasteiger partial charge in [-0.1, -0.05) is 0 Å². The third kappa shape index (κ3) is 3.31. The van der Waals surface area contributed by atoms with Gasteiger partial charge in [-0.2, -0.15) is 5.10 Å². The third-order valence-corrected chi connectivity index (χ3v) is 4.79. The van der Waals surface area contributed by atoms with Gasteiger partial charge in [-0.05, 0) is 13.8 Å². The molecule has 1 aromatic heterocycles. The molecule has 0 aliphatic heterocycles. The van der Waals surface area contributed by atoms with Crippen LogP contribution in [0.25, 0.3) is 0 Å². The molecule has 1 aromatic rings. The fourth-order valence-corrected chi connectivity index (χ4v) is 1.57. The van der Waals surface area contributed by atoms with Crippen LogP contribution < -0.4 is 5.32 Å². The average molecular weight is 245 g/mol. The van der Waals surface area contributed by atoms with Gasteiger partial charge in [0.2, 0.25) is 0 Å². The van der Waals surface area contributed by atoms with Crippen LogP contribution in [-0.2, 0) is 23.4 Å². The zero-order valence-electron chi connectivity index (χ0n) is 10.2. The minimum absolute atomic E-state index is 0.431. The maximum absolute atomic E-state index is 11.4. The summed E-state index contributed by atoms with van der Waals surface area (Å²) in [6, 6.07) is 0. The van der Waals surface area contributed by atoms with Crippen molar-refractivity contribution in [2.75, 3.05) is 12.8 Å². The Morgan fingerprint density at radius 3 is 2.56 bits per heavy atom. The van der Waals surface area contributed by atoms with E-state index in [9.17, 15) is 8.42 Å². The molecule has 92 valence electrons. The molecule has 0 aliphatic rings. The SMILES string of the molecule is Cn1cc(CNCC(C)(C)S(C)(=O)=O)cn1. The van der Waals surface area contributed by atoms with Crippen LogP contribution in [-0.4, -0.2) is 35.7 Å². The number of aromatic nitrogens is 2. The van der Waals surface area contributed by atoms with Gasteiger partial charge in [0.15, 0.2) is 9.84 Å². The summed E-state index contributed by atoms with van der Waals surface area (Å²) in [5.74, 6) is 0. The molecular formula is C10H19N3O2S. The molecule has 16 heavy (non-hydrogen) atoms. The Kier molecular flexibility index (Phi) is 3.75. The topological polar surface area (TPSA) is 64.0 Å². The molecular weight excluding hydrogens is 226 g/mol. The highest BCUT2D eigenvalue weighted by Gasteiger charge is 2.29. The molecule has 0 bridgehead atoms. The Balaban J connectivity index is 2.48. The van der Waals surface area contributed by atoms with E-state index in [0.717, 1.165) is 5.56 Å². The molecule has 0 unspecified atom stereocenters. The Bertz CT molecular complexity index is 448. The van der Waals surface area contributed by atoms with Crippen molar-refractivity contribution in [2.45, 2.75) is 25.1 Å². The highest BCUT2D eigenvalue weighted by Crippen LogP contribution is 2.13. The molecule has 0 radical (unpaired) electrons. The van der Waals surface area contributed by atoms with Crippen molar-refractivity contribution < 1.29 is 8.42 Å². The summed E-state index contributed by atoms with van der Waals surface area (Å²) in [6.45, 7) is 4.50. The van der Waals surface area contributed by atoms with Crippen molar-refractivity contribution in [1.29, 1.82) is 0 Å². The van der Waals surface area contributed by atoms with E-state index in [1.54, 1.807) is 24.7 Å². The van der Waals surface area contributed by atoms with E-state index in [-0.39, 0.29) is 0 Å². The fraction of sp³-hybridized carbons (Fsp3) is 0.700. The standard InChI is InChI=1S/C10H19N3O2S/c1-10(2,16(4,14)15)8-11-5-9-6-12-13(3)7-9/h6-7,11H,5,8H2,1-4H3. The minimum atomic E-state index is -3.03. The van der Waals surface area contributed by atoms with E-state index in [0.29, 0.717) is 13.1 Å². The summed E-state index contributed by atoms with van der Waals surface area (Å²) in [4.78, 5) is 0. The zero-order valence-corrected chi connectivity index (χ0v) is 11.0. The summed E-state index contributed by atoms with van der Waals surface area (Å²) in [6.07, 6.45) is 4.93. The summed E-state index contributed by atoms with van der Waals surface area (Å²) in [7, 11) is -1.18. The van der Waals surface area contributed by atoms with Crippen LogP contribution in [0.3, 0.4) is 0 Å². The van der Waals surface area contributed by atoms with Crippen molar-refractivity contribution in [3.05, 3.63) is 18.0 Å². The van der Waals surface area contributed by atoms with Gasteiger partial charge in [-0.25, -0.2) is 8.42 Å². The molecule has 0 saturated heterocycles. The maximum Gasteiger partial charge on any atom is 0.153 e. The number of aryl methyl sites for hydroxylation is 1. The van der Waals surface area contributed by atoms with Gasteiger partial charge >= 0.3 is 0 Å². The van der Waals surface area contributed by atoms with Crippen molar-refractivity contribution in [3.8, 4) is 0 Å². The molecule has 1 rings (SSSR count). The van der Waals surface area contributed by atoms with Gasteiger partial charge < -0.3 is 5.32 Å². The molecule has 0 amide bonds. The van der Waals surface area contributed by atoms with E-state index in [1.165, 1.54) is 6.26 Å². The number of sulfone groups is 1. The van der Waals surface area contributed by atoms with Crippen molar-refractivity contribution in [2.24, 2.45) is 7.05 Å². The molecule has 0 atom stereocenters. The van der Waals surface area contributed by atoms with Crippen LogP contribution in [0.2, 0.25) is 0 Å². The lowest BCUT2D eigenvalue weighted by atomic mass is 10.2. The van der Waals surface area contributed by atoms with Crippen molar-refractivity contribution in [3.63, 3.8) is 0 Å². The number of nitrogens with one attached hydrogen (secondary N) is 1. The second-order valence-corrected chi connectivity index (χ2v) is 7.31. The first-order chi connectivity index (χ1) is 7.22. The monoisotopic (exact) mass is 245 g/mol. The van der Waals surface area contributed by atoms with Crippen molar-refractivity contribution >= 4 is 9.84 Å². The second kappa shape index (κ2) is 4.55. The molecule has 0 spiro atoms. The zero-order chi connectivity index (χ0) is 12.4. The highest BCUT2D eigenvalue weighted by atomic mass is 32.2. The van der Waals surface area contributed by atoms with E-state index in [4.69, 9.17) is 0 Å². The molecule has 1 heterocycles. The van der Waals surface area contributed by atoms with Gasteiger partial charge in [-0.3, -0.25) is 4.68 Å². The van der Waals surface area contributed by atoms with Crippen LogP contribution in [0.5, 0.6) is 0 Å². The number of hydrogen-bond donors (Lipinski definition) is 1. The first-order valence-corrected chi connectivity index (χ1v) is 6.99. The van der Waals surface area contributed by atoms with Gasteiger partial charge in [0, 0.05) is 38.2 Å². The molecule has 0 aliphatic carbocycles. The fourth-order valence-electron chi connectivity index (χ4n) is 1.20. The van der Waals surface area contributed by atoms with Crippen LogP contribution in [0.1, 0.15) is 19.4 Å². The summed E-state index contributed by atoms with van der Waals surface area (Å²) >= 11 is 0. The molecule has 0 aromatic carbocycles. The molecule has 1 N–H and O–H groups in total. The van der Waals surface area contributed by atoms with Gasteiger partial charge in [0.1, 0.15) is 0 Å². The quantitative estimate of drug-likeness (QED) is 0.812. The first-order valence-electron chi connectivity index (χ1n) is 5.10. The van der Waals surface area contributed by atoms with E-state index in [1.807, 2.05) is 13.2 Å². The normalized spacial score (nSPS) is 13.0. The Morgan fingerprint density at radius 2 is 2.12 bits per heavy atom. The van der Waals surface area contributed by atoms with Crippen LogP contribution >= 0.6 is 0 Å². The number of hydrogen-bond acceptors (Lipinski definition) is 4. The summed E-state index contributed by atoms with van der Waals surface area (Å²) < 4.78 is 23.9. The largest absolute Gasteiger partial charge is 0.311 e. The van der Waals surface area contributed by atoms with Crippen LogP contribution in [0.15, 0.2) is 12.4 Å². The van der Waals surface area contributed by atoms with Crippen molar-refractivity contribution in [1.82, 2.24) is 15.1 Å². The smallest absolute Gasteiger partial charge is 0.153 e. The molecule has 5 nitrogen and oxygen atoms in total. The Morgan fingerprint density at radius 1 is 1.50 bits per heavy atom. The first kappa shape index (κ1) is 13.2.